The molecule has 0 spiro atoms. The second kappa shape index (κ2) is 5.80. The Morgan fingerprint density at radius 2 is 1.87 bits per heavy atom. The highest BCUT2D eigenvalue weighted by Crippen LogP contribution is 2.28. The molecule has 4 heteroatoms. The van der Waals surface area contributed by atoms with E-state index in [4.69, 9.17) is 4.42 Å². The van der Waals surface area contributed by atoms with Crippen molar-refractivity contribution in [2.24, 2.45) is 0 Å². The van der Waals surface area contributed by atoms with Crippen molar-refractivity contribution in [1.82, 2.24) is 0 Å². The van der Waals surface area contributed by atoms with Crippen LogP contribution >= 0.6 is 0 Å². The van der Waals surface area contributed by atoms with E-state index in [9.17, 15) is 9.90 Å². The van der Waals surface area contributed by atoms with Crippen molar-refractivity contribution in [3.8, 4) is 5.75 Å². The van der Waals surface area contributed by atoms with E-state index in [1.54, 1.807) is 19.1 Å². The fourth-order valence-electron chi connectivity index (χ4n) is 2.68. The molecule has 0 aliphatic heterocycles. The molecule has 0 aliphatic rings. The molecule has 2 N–H and O–H groups in total. The average Bonchev–Trinajstić information content (AvgIpc) is 2.52. The minimum atomic E-state index is -0.413. The van der Waals surface area contributed by atoms with Crippen LogP contribution < -0.4 is 10.9 Å². The van der Waals surface area contributed by atoms with Gasteiger partial charge in [0.1, 0.15) is 11.3 Å². The van der Waals surface area contributed by atoms with Gasteiger partial charge in [-0.15, -0.1) is 0 Å². The number of aryl methyl sites for hydroxylation is 3. The van der Waals surface area contributed by atoms with E-state index in [0.29, 0.717) is 17.7 Å². The normalized spacial score (nSPS) is 10.9. The molecule has 118 valence electrons. The van der Waals surface area contributed by atoms with Crippen molar-refractivity contribution in [3.05, 3.63) is 69.1 Å². The Bertz CT molecular complexity index is 941. The molecule has 0 aliphatic carbocycles. The maximum Gasteiger partial charge on any atom is 0.336 e. The van der Waals surface area contributed by atoms with Gasteiger partial charge in [0.05, 0.1) is 0 Å². The molecular weight excluding hydrogens is 290 g/mol. The van der Waals surface area contributed by atoms with Crippen molar-refractivity contribution in [2.45, 2.75) is 27.3 Å². The van der Waals surface area contributed by atoms with Crippen LogP contribution in [0.15, 0.2) is 45.6 Å². The number of hydrogen-bond acceptors (Lipinski definition) is 4. The summed E-state index contributed by atoms with van der Waals surface area (Å²) in [6, 6.07) is 11.1. The van der Waals surface area contributed by atoms with Crippen molar-refractivity contribution in [3.63, 3.8) is 0 Å². The lowest BCUT2D eigenvalue weighted by Crippen LogP contribution is -2.07. The Morgan fingerprint density at radius 3 is 2.65 bits per heavy atom. The van der Waals surface area contributed by atoms with Gasteiger partial charge in [-0.25, -0.2) is 4.79 Å². The second-order valence-electron chi connectivity index (χ2n) is 5.85. The summed E-state index contributed by atoms with van der Waals surface area (Å²) in [5.74, 6) is 0.125. The van der Waals surface area contributed by atoms with Crippen molar-refractivity contribution in [1.29, 1.82) is 0 Å². The molecule has 23 heavy (non-hydrogen) atoms. The predicted octanol–water partition coefficient (Wildman–Crippen LogP) is 4.04. The molecular formula is C19H19NO3. The highest BCUT2D eigenvalue weighted by atomic mass is 16.4. The minimum absolute atomic E-state index is 0.125. The van der Waals surface area contributed by atoms with Gasteiger partial charge in [0.15, 0.2) is 0 Å². The van der Waals surface area contributed by atoms with Gasteiger partial charge in [0, 0.05) is 29.2 Å². The number of hydrogen-bond donors (Lipinski definition) is 2. The van der Waals surface area contributed by atoms with Crippen LogP contribution in [0.1, 0.15) is 22.3 Å². The number of nitrogens with one attached hydrogen (secondary N) is 1. The van der Waals surface area contributed by atoms with Crippen LogP contribution in [0.25, 0.3) is 11.0 Å². The van der Waals surface area contributed by atoms with E-state index in [0.717, 1.165) is 22.2 Å². The maximum atomic E-state index is 11.8. The molecule has 0 atom stereocenters. The lowest BCUT2D eigenvalue weighted by atomic mass is 10.1. The third kappa shape index (κ3) is 2.93. The van der Waals surface area contributed by atoms with Crippen LogP contribution in [0.5, 0.6) is 5.75 Å². The largest absolute Gasteiger partial charge is 0.508 e. The smallest absolute Gasteiger partial charge is 0.336 e. The van der Waals surface area contributed by atoms with Crippen LogP contribution in [0, 0.1) is 20.8 Å². The molecule has 0 bridgehead atoms. The van der Waals surface area contributed by atoms with Crippen LogP contribution in [0.2, 0.25) is 0 Å². The first-order valence-corrected chi connectivity index (χ1v) is 7.52. The van der Waals surface area contributed by atoms with Crippen LogP contribution in [0.4, 0.5) is 5.69 Å². The number of rotatable bonds is 3. The minimum Gasteiger partial charge on any atom is -0.508 e. The molecule has 4 nitrogen and oxygen atoms in total. The van der Waals surface area contributed by atoms with Gasteiger partial charge in [-0.05, 0) is 55.7 Å². The quantitative estimate of drug-likeness (QED) is 0.717. The van der Waals surface area contributed by atoms with E-state index < -0.39 is 5.63 Å². The van der Waals surface area contributed by atoms with Crippen molar-refractivity contribution < 1.29 is 9.52 Å². The Kier molecular flexibility index (Phi) is 3.82. The first kappa shape index (κ1) is 15.2. The third-order valence-corrected chi connectivity index (χ3v) is 4.08. The third-order valence-electron chi connectivity index (χ3n) is 4.08. The van der Waals surface area contributed by atoms with E-state index in [1.165, 1.54) is 11.6 Å². The summed E-state index contributed by atoms with van der Waals surface area (Å²) in [7, 11) is 0. The molecule has 0 fully saturated rings. The van der Waals surface area contributed by atoms with Gasteiger partial charge in [0.2, 0.25) is 0 Å². The SMILES string of the molecule is Cc1ccc(C)c(NCc2cc(=O)oc3c(C)c(O)ccc23)c1. The highest BCUT2D eigenvalue weighted by Gasteiger charge is 2.11. The molecule has 2 aromatic carbocycles. The molecule has 3 rings (SSSR count). The van der Waals surface area contributed by atoms with Crippen LogP contribution in [-0.2, 0) is 6.54 Å². The topological polar surface area (TPSA) is 62.5 Å². The standard InChI is InChI=1S/C19H19NO3/c1-11-4-5-12(2)16(8-11)20-10-14-9-18(22)23-19-13(3)17(21)7-6-15(14)19/h4-9,20-21H,10H2,1-3H3. The summed E-state index contributed by atoms with van der Waals surface area (Å²) in [4.78, 5) is 11.8. The molecule has 1 aromatic heterocycles. The lowest BCUT2D eigenvalue weighted by molar-refractivity contribution is 0.468. The molecule has 1 heterocycles. The average molecular weight is 309 g/mol. The summed E-state index contributed by atoms with van der Waals surface area (Å²) < 4.78 is 5.27. The number of anilines is 1. The number of phenols is 1. The van der Waals surface area contributed by atoms with Gasteiger partial charge in [-0.2, -0.15) is 0 Å². The van der Waals surface area contributed by atoms with E-state index in [1.807, 2.05) is 13.8 Å². The van der Waals surface area contributed by atoms with Crippen LogP contribution in [-0.4, -0.2) is 5.11 Å². The zero-order chi connectivity index (χ0) is 16.6. The van der Waals surface area contributed by atoms with Gasteiger partial charge in [-0.1, -0.05) is 12.1 Å². The Morgan fingerprint density at radius 1 is 1.09 bits per heavy atom. The number of benzene rings is 2. The van der Waals surface area contributed by atoms with Crippen LogP contribution in [0.3, 0.4) is 0 Å². The summed E-state index contributed by atoms with van der Waals surface area (Å²) in [5.41, 5.74) is 4.82. The van der Waals surface area contributed by atoms with Crippen molar-refractivity contribution >= 4 is 16.7 Å². The van der Waals surface area contributed by atoms with Gasteiger partial charge < -0.3 is 14.8 Å². The highest BCUT2D eigenvalue weighted by molar-refractivity contribution is 5.85. The van der Waals surface area contributed by atoms with Crippen molar-refractivity contribution in [2.75, 3.05) is 5.32 Å². The summed E-state index contributed by atoms with van der Waals surface area (Å²) in [6.07, 6.45) is 0. The molecule has 0 radical (unpaired) electrons. The summed E-state index contributed by atoms with van der Waals surface area (Å²) >= 11 is 0. The molecule has 0 saturated heterocycles. The lowest BCUT2D eigenvalue weighted by Gasteiger charge is -2.12. The number of fused-ring (bicyclic) bond motifs is 1. The zero-order valence-electron chi connectivity index (χ0n) is 13.4. The fraction of sp³-hybridized carbons (Fsp3) is 0.211. The summed E-state index contributed by atoms with van der Waals surface area (Å²) in [6.45, 7) is 6.34. The Balaban J connectivity index is 2.02. The molecule has 0 amide bonds. The number of aromatic hydroxyl groups is 1. The molecule has 3 aromatic rings. The first-order valence-electron chi connectivity index (χ1n) is 7.52. The van der Waals surface area contributed by atoms with Gasteiger partial charge >= 0.3 is 5.63 Å². The molecule has 0 saturated carbocycles. The predicted molar refractivity (Wildman–Crippen MR) is 92.1 cm³/mol. The van der Waals surface area contributed by atoms with Gasteiger partial charge in [-0.3, -0.25) is 0 Å². The fourth-order valence-corrected chi connectivity index (χ4v) is 2.68. The van der Waals surface area contributed by atoms with E-state index in [2.05, 4.69) is 23.5 Å². The van der Waals surface area contributed by atoms with E-state index in [-0.39, 0.29) is 5.75 Å². The van der Waals surface area contributed by atoms with E-state index >= 15 is 0 Å². The Hall–Kier alpha value is -2.75. The number of phenolic OH excluding ortho intramolecular Hbond substituents is 1. The zero-order valence-corrected chi connectivity index (χ0v) is 13.4. The Labute approximate surface area is 134 Å². The summed E-state index contributed by atoms with van der Waals surface area (Å²) in [5, 5.41) is 14.0. The van der Waals surface area contributed by atoms with Gasteiger partial charge in [0.25, 0.3) is 0 Å². The maximum absolute atomic E-state index is 11.8. The monoisotopic (exact) mass is 309 g/mol. The first-order chi connectivity index (χ1) is 11.0. The second-order valence-corrected chi connectivity index (χ2v) is 5.85. The molecule has 0 unspecified atom stereocenters.